The number of rotatable bonds is 11. The number of hydrogen-bond acceptors (Lipinski definition) is 6. The number of carbonyl (C=O) groups excluding carboxylic acids is 2. The molecule has 1 aliphatic heterocycles. The monoisotopic (exact) mass is 511 g/mol. The molecule has 0 bridgehead atoms. The molecule has 0 aliphatic carbocycles. The average molecular weight is 512 g/mol. The summed E-state index contributed by atoms with van der Waals surface area (Å²) in [4.78, 5) is 26.5. The number of amides is 1. The average Bonchev–Trinajstić information content (AvgIpc) is 3.08. The number of nitrogens with zero attached hydrogens (tertiary/aromatic N) is 1. The Balaban J connectivity index is 1.51. The highest BCUT2D eigenvalue weighted by Gasteiger charge is 2.31. The normalized spacial score (nSPS) is 14.6. The number of benzene rings is 2. The SMILES string of the molecule is CCOC(=O)CCCCCN1C(=O)/C(=C\c2ccc(OCc3cc(C)c(C)cc3C)cc2)SC1=S. The first-order chi connectivity index (χ1) is 16.8. The predicted molar refractivity (Wildman–Crippen MR) is 146 cm³/mol. The van der Waals surface area contributed by atoms with Gasteiger partial charge >= 0.3 is 5.97 Å². The molecular formula is C28H33NO4S2. The van der Waals surface area contributed by atoms with Crippen LogP contribution in [0.5, 0.6) is 5.75 Å². The van der Waals surface area contributed by atoms with Crippen molar-refractivity contribution >= 4 is 46.3 Å². The van der Waals surface area contributed by atoms with Gasteiger partial charge in [0, 0.05) is 13.0 Å². The fourth-order valence-corrected chi connectivity index (χ4v) is 5.10. The third kappa shape index (κ3) is 7.67. The second kappa shape index (κ2) is 12.9. The van der Waals surface area contributed by atoms with Crippen LogP contribution in [0.4, 0.5) is 0 Å². The van der Waals surface area contributed by atoms with E-state index in [2.05, 4.69) is 32.9 Å². The van der Waals surface area contributed by atoms with E-state index < -0.39 is 0 Å². The molecule has 0 radical (unpaired) electrons. The van der Waals surface area contributed by atoms with Gasteiger partial charge in [0.2, 0.25) is 0 Å². The Morgan fingerprint density at radius 1 is 1.03 bits per heavy atom. The summed E-state index contributed by atoms with van der Waals surface area (Å²) in [6.07, 6.45) is 4.68. The van der Waals surface area contributed by atoms with Crippen LogP contribution in [0.3, 0.4) is 0 Å². The van der Waals surface area contributed by atoms with Crippen LogP contribution >= 0.6 is 24.0 Å². The summed E-state index contributed by atoms with van der Waals surface area (Å²) < 4.78 is 11.5. The van der Waals surface area contributed by atoms with Crippen LogP contribution < -0.4 is 4.74 Å². The van der Waals surface area contributed by atoms with Gasteiger partial charge in [0.05, 0.1) is 11.5 Å². The number of ether oxygens (including phenoxy) is 2. The Kier molecular flexibility index (Phi) is 9.93. The summed E-state index contributed by atoms with van der Waals surface area (Å²) in [5.74, 6) is 0.559. The summed E-state index contributed by atoms with van der Waals surface area (Å²) in [7, 11) is 0. The van der Waals surface area contributed by atoms with Crippen molar-refractivity contribution in [1.29, 1.82) is 0 Å². The van der Waals surface area contributed by atoms with Gasteiger partial charge in [-0.3, -0.25) is 14.5 Å². The highest BCUT2D eigenvalue weighted by Crippen LogP contribution is 2.33. The Bertz CT molecular complexity index is 1110. The molecule has 1 amide bonds. The van der Waals surface area contributed by atoms with Crippen molar-refractivity contribution in [2.45, 2.75) is 60.0 Å². The van der Waals surface area contributed by atoms with Crippen LogP contribution in [0.25, 0.3) is 6.08 Å². The molecule has 1 aliphatic rings. The molecule has 1 saturated heterocycles. The van der Waals surface area contributed by atoms with Crippen molar-refractivity contribution in [1.82, 2.24) is 4.90 Å². The van der Waals surface area contributed by atoms with E-state index in [1.165, 1.54) is 34.0 Å². The third-order valence-electron chi connectivity index (χ3n) is 5.97. The van der Waals surface area contributed by atoms with Crippen LogP contribution in [0.2, 0.25) is 0 Å². The Hall–Kier alpha value is -2.64. The highest BCUT2D eigenvalue weighted by atomic mass is 32.2. The van der Waals surface area contributed by atoms with Crippen molar-refractivity contribution in [3.8, 4) is 5.75 Å². The zero-order valence-corrected chi connectivity index (χ0v) is 22.5. The van der Waals surface area contributed by atoms with E-state index in [-0.39, 0.29) is 11.9 Å². The van der Waals surface area contributed by atoms with Crippen molar-refractivity contribution in [2.75, 3.05) is 13.2 Å². The quantitative estimate of drug-likeness (QED) is 0.148. The standard InChI is InChI=1S/C28H33NO4S2/c1-5-32-26(30)9-7-6-8-14-29-27(31)25(35-28(29)34)17-22-10-12-24(13-11-22)33-18-23-16-20(3)19(2)15-21(23)4/h10-13,15-17H,5-9,14,18H2,1-4H3/b25-17+. The molecule has 0 spiro atoms. The Morgan fingerprint density at radius 3 is 2.46 bits per heavy atom. The van der Waals surface area contributed by atoms with Crippen molar-refractivity contribution in [3.05, 3.63) is 69.1 Å². The zero-order valence-electron chi connectivity index (χ0n) is 20.9. The topological polar surface area (TPSA) is 55.8 Å². The fourth-order valence-electron chi connectivity index (χ4n) is 3.79. The Morgan fingerprint density at radius 2 is 1.74 bits per heavy atom. The number of unbranched alkanes of at least 4 members (excludes halogenated alkanes) is 2. The summed E-state index contributed by atoms with van der Waals surface area (Å²) in [5.41, 5.74) is 5.88. The van der Waals surface area contributed by atoms with Crippen molar-refractivity contribution in [2.24, 2.45) is 0 Å². The van der Waals surface area contributed by atoms with Crippen LogP contribution in [0, 0.1) is 20.8 Å². The third-order valence-corrected chi connectivity index (χ3v) is 7.34. The van der Waals surface area contributed by atoms with Crippen molar-refractivity contribution in [3.63, 3.8) is 0 Å². The molecule has 0 saturated carbocycles. The number of aryl methyl sites for hydroxylation is 3. The fraction of sp³-hybridized carbons (Fsp3) is 0.393. The number of hydrogen-bond donors (Lipinski definition) is 0. The second-order valence-corrected chi connectivity index (χ2v) is 10.3. The summed E-state index contributed by atoms with van der Waals surface area (Å²) in [5, 5.41) is 0. The van der Waals surface area contributed by atoms with Gasteiger partial charge < -0.3 is 9.47 Å². The smallest absolute Gasteiger partial charge is 0.305 e. The molecule has 2 aromatic carbocycles. The second-order valence-electron chi connectivity index (χ2n) is 8.67. The first kappa shape index (κ1) is 27.0. The molecule has 2 aromatic rings. The van der Waals surface area contributed by atoms with Crippen molar-refractivity contribution < 1.29 is 19.1 Å². The van der Waals surface area contributed by atoms with E-state index in [0.29, 0.717) is 35.4 Å². The molecule has 7 heteroatoms. The minimum atomic E-state index is -0.169. The first-order valence-corrected chi connectivity index (χ1v) is 13.2. The Labute approximate surface area is 217 Å². The summed E-state index contributed by atoms with van der Waals surface area (Å²) in [6, 6.07) is 12.1. The minimum absolute atomic E-state index is 0.0593. The molecule has 0 aromatic heterocycles. The molecule has 0 unspecified atom stereocenters. The molecule has 35 heavy (non-hydrogen) atoms. The molecule has 186 valence electrons. The van der Waals surface area contributed by atoms with Gasteiger partial charge in [-0.1, -0.05) is 54.7 Å². The van der Waals surface area contributed by atoms with Crippen LogP contribution in [-0.4, -0.2) is 34.2 Å². The lowest BCUT2D eigenvalue weighted by Crippen LogP contribution is -2.29. The molecule has 0 N–H and O–H groups in total. The van der Waals surface area contributed by atoms with E-state index in [0.717, 1.165) is 30.6 Å². The number of esters is 1. The number of thioether (sulfide) groups is 1. The minimum Gasteiger partial charge on any atom is -0.489 e. The number of thiocarbonyl (C=S) groups is 1. The van der Waals surface area contributed by atoms with Gasteiger partial charge in [-0.2, -0.15) is 0 Å². The molecule has 1 heterocycles. The largest absolute Gasteiger partial charge is 0.489 e. The van der Waals surface area contributed by atoms with Gasteiger partial charge in [0.15, 0.2) is 0 Å². The maximum atomic E-state index is 12.8. The van der Waals surface area contributed by atoms with E-state index >= 15 is 0 Å². The highest BCUT2D eigenvalue weighted by molar-refractivity contribution is 8.26. The molecular weight excluding hydrogens is 478 g/mol. The predicted octanol–water partition coefficient (Wildman–Crippen LogP) is 6.52. The van der Waals surface area contributed by atoms with Crippen LogP contribution in [0.1, 0.15) is 60.4 Å². The molecule has 0 atom stereocenters. The zero-order chi connectivity index (χ0) is 25.4. The maximum Gasteiger partial charge on any atom is 0.305 e. The lowest BCUT2D eigenvalue weighted by molar-refractivity contribution is -0.143. The number of carbonyl (C=O) groups is 2. The van der Waals surface area contributed by atoms with Gasteiger partial charge in [-0.05, 0) is 86.6 Å². The molecule has 5 nitrogen and oxygen atoms in total. The van der Waals surface area contributed by atoms with E-state index in [9.17, 15) is 9.59 Å². The van der Waals surface area contributed by atoms with E-state index in [4.69, 9.17) is 21.7 Å². The molecule has 3 rings (SSSR count). The lowest BCUT2D eigenvalue weighted by Gasteiger charge is -2.14. The van der Waals surface area contributed by atoms with Gasteiger partial charge in [-0.25, -0.2) is 0 Å². The van der Waals surface area contributed by atoms with E-state index in [1.807, 2.05) is 30.3 Å². The first-order valence-electron chi connectivity index (χ1n) is 12.0. The van der Waals surface area contributed by atoms with Gasteiger partial charge in [-0.15, -0.1) is 0 Å². The molecule has 1 fully saturated rings. The summed E-state index contributed by atoms with van der Waals surface area (Å²) >= 11 is 6.76. The summed E-state index contributed by atoms with van der Waals surface area (Å²) in [6.45, 7) is 9.63. The van der Waals surface area contributed by atoms with Crippen LogP contribution in [0.15, 0.2) is 41.3 Å². The lowest BCUT2D eigenvalue weighted by atomic mass is 10.0. The van der Waals surface area contributed by atoms with E-state index in [1.54, 1.807) is 11.8 Å². The maximum absolute atomic E-state index is 12.8. The van der Waals surface area contributed by atoms with Gasteiger partial charge in [0.25, 0.3) is 5.91 Å². The van der Waals surface area contributed by atoms with Crippen LogP contribution in [-0.2, 0) is 20.9 Å². The van der Waals surface area contributed by atoms with Gasteiger partial charge in [0.1, 0.15) is 16.7 Å².